The SMILES string of the molecule is Cc1ccc(COc2cc[n+](C)cc2)cc1.[I-]. The van der Waals surface area contributed by atoms with Gasteiger partial charge in [0.2, 0.25) is 0 Å². The molecular weight excluding hydrogens is 325 g/mol. The van der Waals surface area contributed by atoms with Gasteiger partial charge in [0, 0.05) is 12.1 Å². The number of hydrogen-bond acceptors (Lipinski definition) is 1. The summed E-state index contributed by atoms with van der Waals surface area (Å²) in [5, 5.41) is 0. The second-order valence-electron chi connectivity index (χ2n) is 3.97. The van der Waals surface area contributed by atoms with Gasteiger partial charge in [-0.1, -0.05) is 29.8 Å². The van der Waals surface area contributed by atoms with E-state index in [9.17, 15) is 0 Å². The van der Waals surface area contributed by atoms with Crippen LogP contribution in [0.1, 0.15) is 11.1 Å². The first-order valence-corrected chi connectivity index (χ1v) is 5.38. The minimum atomic E-state index is 0. The molecule has 0 N–H and O–H groups in total. The van der Waals surface area contributed by atoms with Gasteiger partial charge in [-0.3, -0.25) is 0 Å². The summed E-state index contributed by atoms with van der Waals surface area (Å²) in [7, 11) is 1.99. The fraction of sp³-hybridized carbons (Fsp3) is 0.214. The molecule has 0 aliphatic rings. The second-order valence-corrected chi connectivity index (χ2v) is 3.97. The zero-order valence-corrected chi connectivity index (χ0v) is 12.2. The van der Waals surface area contributed by atoms with Crippen molar-refractivity contribution in [2.24, 2.45) is 7.05 Å². The molecule has 0 aliphatic heterocycles. The first-order chi connectivity index (χ1) is 7.74. The van der Waals surface area contributed by atoms with Gasteiger partial charge in [0.1, 0.15) is 19.4 Å². The van der Waals surface area contributed by atoms with E-state index in [4.69, 9.17) is 4.74 Å². The maximum atomic E-state index is 5.67. The summed E-state index contributed by atoms with van der Waals surface area (Å²) in [5.74, 6) is 0.902. The molecule has 0 bridgehead atoms. The van der Waals surface area contributed by atoms with Gasteiger partial charge >= 0.3 is 0 Å². The average molecular weight is 341 g/mol. The maximum absolute atomic E-state index is 5.67. The number of halogens is 1. The van der Waals surface area contributed by atoms with Crippen LogP contribution >= 0.6 is 0 Å². The van der Waals surface area contributed by atoms with Crippen LogP contribution in [0, 0.1) is 6.92 Å². The highest BCUT2D eigenvalue weighted by Crippen LogP contribution is 2.10. The molecule has 0 fully saturated rings. The molecule has 2 rings (SSSR count). The van der Waals surface area contributed by atoms with Crippen molar-refractivity contribution >= 4 is 0 Å². The number of aryl methyl sites for hydroxylation is 2. The predicted molar refractivity (Wildman–Crippen MR) is 63.1 cm³/mol. The number of pyridine rings is 1. The lowest BCUT2D eigenvalue weighted by molar-refractivity contribution is -0.671. The summed E-state index contributed by atoms with van der Waals surface area (Å²) < 4.78 is 7.66. The van der Waals surface area contributed by atoms with Crippen LogP contribution in [0.5, 0.6) is 5.75 Å². The maximum Gasteiger partial charge on any atom is 0.172 e. The third kappa shape index (κ3) is 4.34. The minimum Gasteiger partial charge on any atom is -1.00 e. The fourth-order valence-electron chi connectivity index (χ4n) is 1.43. The van der Waals surface area contributed by atoms with Crippen LogP contribution in [-0.4, -0.2) is 0 Å². The molecule has 0 unspecified atom stereocenters. The average Bonchev–Trinajstić information content (AvgIpc) is 2.30. The highest BCUT2D eigenvalue weighted by molar-refractivity contribution is 5.22. The minimum absolute atomic E-state index is 0. The Morgan fingerprint density at radius 1 is 1.00 bits per heavy atom. The first kappa shape index (κ1) is 14.0. The zero-order chi connectivity index (χ0) is 11.4. The van der Waals surface area contributed by atoms with Crippen LogP contribution in [-0.2, 0) is 13.7 Å². The number of nitrogens with zero attached hydrogens (tertiary/aromatic N) is 1. The van der Waals surface area contributed by atoms with Gasteiger partial charge in [-0.05, 0) is 12.5 Å². The van der Waals surface area contributed by atoms with Crippen molar-refractivity contribution in [3.8, 4) is 5.75 Å². The third-order valence-corrected chi connectivity index (χ3v) is 2.47. The molecule has 3 heteroatoms. The molecule has 0 saturated carbocycles. The molecule has 2 nitrogen and oxygen atoms in total. The summed E-state index contributed by atoms with van der Waals surface area (Å²) in [6.45, 7) is 2.70. The van der Waals surface area contributed by atoms with Crippen molar-refractivity contribution in [2.75, 3.05) is 0 Å². The molecule has 1 heterocycles. The van der Waals surface area contributed by atoms with Gasteiger partial charge in [-0.2, -0.15) is 0 Å². The van der Waals surface area contributed by atoms with Gasteiger partial charge in [0.25, 0.3) is 0 Å². The Bertz CT molecular complexity index is 405. The van der Waals surface area contributed by atoms with Crippen molar-refractivity contribution < 1.29 is 33.3 Å². The van der Waals surface area contributed by atoms with Crippen LogP contribution in [0.25, 0.3) is 0 Å². The Morgan fingerprint density at radius 2 is 1.59 bits per heavy atom. The lowest BCUT2D eigenvalue weighted by atomic mass is 10.2. The molecule has 0 amide bonds. The largest absolute Gasteiger partial charge is 1.00 e. The predicted octanol–water partition coefficient (Wildman–Crippen LogP) is -0.597. The number of ether oxygens (including phenoxy) is 1. The molecule has 1 aromatic carbocycles. The van der Waals surface area contributed by atoms with Gasteiger partial charge in [-0.25, -0.2) is 4.57 Å². The summed E-state index contributed by atoms with van der Waals surface area (Å²) in [6.07, 6.45) is 3.95. The number of aromatic nitrogens is 1. The Morgan fingerprint density at radius 3 is 2.18 bits per heavy atom. The monoisotopic (exact) mass is 341 g/mol. The normalized spacial score (nSPS) is 9.53. The molecule has 17 heavy (non-hydrogen) atoms. The molecular formula is C14H16INO. The summed E-state index contributed by atoms with van der Waals surface area (Å²) in [5.41, 5.74) is 2.47. The van der Waals surface area contributed by atoms with Crippen LogP contribution in [0.2, 0.25) is 0 Å². The van der Waals surface area contributed by atoms with Crippen LogP contribution in [0.3, 0.4) is 0 Å². The smallest absolute Gasteiger partial charge is 0.172 e. The summed E-state index contributed by atoms with van der Waals surface area (Å²) in [6, 6.07) is 12.3. The van der Waals surface area contributed by atoms with Gasteiger partial charge < -0.3 is 28.7 Å². The van der Waals surface area contributed by atoms with E-state index in [2.05, 4.69) is 31.2 Å². The van der Waals surface area contributed by atoms with Gasteiger partial charge in [0.15, 0.2) is 12.4 Å². The Balaban J connectivity index is 0.00000144. The van der Waals surface area contributed by atoms with Crippen LogP contribution in [0.15, 0.2) is 48.8 Å². The lowest BCUT2D eigenvalue weighted by Crippen LogP contribution is -3.00. The first-order valence-electron chi connectivity index (χ1n) is 5.38. The van der Waals surface area contributed by atoms with E-state index in [0.29, 0.717) is 6.61 Å². The fourth-order valence-corrected chi connectivity index (χ4v) is 1.43. The number of rotatable bonds is 3. The van der Waals surface area contributed by atoms with Crippen molar-refractivity contribution in [1.82, 2.24) is 0 Å². The van der Waals surface area contributed by atoms with E-state index in [1.165, 1.54) is 11.1 Å². The number of hydrogen-bond donors (Lipinski definition) is 0. The highest BCUT2D eigenvalue weighted by Gasteiger charge is 1.97. The van der Waals surface area contributed by atoms with E-state index in [-0.39, 0.29) is 24.0 Å². The second kappa shape index (κ2) is 6.59. The van der Waals surface area contributed by atoms with Crippen LogP contribution in [0.4, 0.5) is 0 Å². The van der Waals surface area contributed by atoms with Crippen molar-refractivity contribution in [3.05, 3.63) is 59.9 Å². The molecule has 0 aliphatic carbocycles. The van der Waals surface area contributed by atoms with E-state index >= 15 is 0 Å². The zero-order valence-electron chi connectivity index (χ0n) is 10.1. The topological polar surface area (TPSA) is 13.1 Å². The Labute approximate surface area is 119 Å². The molecule has 0 spiro atoms. The van der Waals surface area contributed by atoms with Crippen molar-refractivity contribution in [3.63, 3.8) is 0 Å². The quantitative estimate of drug-likeness (QED) is 0.537. The van der Waals surface area contributed by atoms with E-state index in [1.807, 2.05) is 36.1 Å². The van der Waals surface area contributed by atoms with Crippen molar-refractivity contribution in [1.29, 1.82) is 0 Å². The number of benzene rings is 1. The standard InChI is InChI=1S/C14H16NO.HI/c1-12-3-5-13(6-4-12)11-16-14-7-9-15(2)10-8-14;/h3-10H,11H2,1-2H3;1H/q+1;/p-1. The lowest BCUT2D eigenvalue weighted by Gasteiger charge is -2.05. The molecule has 0 saturated heterocycles. The van der Waals surface area contributed by atoms with Gasteiger partial charge in [0.05, 0.1) is 0 Å². The molecule has 2 aromatic rings. The molecule has 1 aromatic heterocycles. The Kier molecular flexibility index (Phi) is 5.41. The van der Waals surface area contributed by atoms with E-state index in [0.717, 1.165) is 5.75 Å². The molecule has 0 atom stereocenters. The van der Waals surface area contributed by atoms with E-state index < -0.39 is 0 Å². The highest BCUT2D eigenvalue weighted by atomic mass is 127. The molecule has 90 valence electrons. The summed E-state index contributed by atoms with van der Waals surface area (Å²) >= 11 is 0. The Hall–Kier alpha value is -1.10. The van der Waals surface area contributed by atoms with E-state index in [1.54, 1.807) is 0 Å². The van der Waals surface area contributed by atoms with Crippen molar-refractivity contribution in [2.45, 2.75) is 13.5 Å². The third-order valence-electron chi connectivity index (χ3n) is 2.47. The van der Waals surface area contributed by atoms with Crippen LogP contribution < -0.4 is 33.3 Å². The molecule has 0 radical (unpaired) electrons. The summed E-state index contributed by atoms with van der Waals surface area (Å²) in [4.78, 5) is 0. The van der Waals surface area contributed by atoms with Gasteiger partial charge in [-0.15, -0.1) is 0 Å².